The molecule has 0 saturated carbocycles. The first-order chi connectivity index (χ1) is 7.41. The summed E-state index contributed by atoms with van der Waals surface area (Å²) < 4.78 is 0. The van der Waals surface area contributed by atoms with Crippen LogP contribution in [0.5, 0.6) is 0 Å². The van der Waals surface area contributed by atoms with Gasteiger partial charge in [-0.2, -0.15) is 0 Å². The third-order valence-corrected chi connectivity index (χ3v) is 1.97. The highest BCUT2D eigenvalue weighted by atomic mass is 16.4. The SMILES string of the molecule is Cc1cc(NCC(=O)O)c(C(=O)O)c(C)n1. The number of pyridine rings is 1. The van der Waals surface area contributed by atoms with E-state index in [-0.39, 0.29) is 17.8 Å². The summed E-state index contributed by atoms with van der Waals surface area (Å²) in [7, 11) is 0. The van der Waals surface area contributed by atoms with Gasteiger partial charge in [-0.3, -0.25) is 9.78 Å². The summed E-state index contributed by atoms with van der Waals surface area (Å²) in [5.74, 6) is -2.18. The molecule has 0 amide bonds. The predicted molar refractivity (Wildman–Crippen MR) is 56.8 cm³/mol. The van der Waals surface area contributed by atoms with Crippen molar-refractivity contribution in [1.29, 1.82) is 0 Å². The Morgan fingerprint density at radius 2 is 2.00 bits per heavy atom. The molecule has 86 valence electrons. The van der Waals surface area contributed by atoms with E-state index in [9.17, 15) is 9.59 Å². The number of anilines is 1. The summed E-state index contributed by atoms with van der Waals surface area (Å²) in [6.07, 6.45) is 0. The molecule has 16 heavy (non-hydrogen) atoms. The number of nitrogens with zero attached hydrogens (tertiary/aromatic N) is 1. The number of aliphatic carboxylic acids is 1. The summed E-state index contributed by atoms with van der Waals surface area (Å²) in [6, 6.07) is 1.51. The van der Waals surface area contributed by atoms with Crippen molar-refractivity contribution < 1.29 is 19.8 Å². The van der Waals surface area contributed by atoms with Gasteiger partial charge in [-0.1, -0.05) is 0 Å². The van der Waals surface area contributed by atoms with Crippen molar-refractivity contribution in [3.05, 3.63) is 23.0 Å². The molecule has 0 saturated heterocycles. The maximum absolute atomic E-state index is 11.0. The van der Waals surface area contributed by atoms with Crippen LogP contribution in [0.3, 0.4) is 0 Å². The van der Waals surface area contributed by atoms with Crippen LogP contribution in [0.25, 0.3) is 0 Å². The highest BCUT2D eigenvalue weighted by Gasteiger charge is 2.15. The number of rotatable bonds is 4. The Kier molecular flexibility index (Phi) is 3.44. The average Bonchev–Trinajstić information content (AvgIpc) is 2.12. The van der Waals surface area contributed by atoms with E-state index in [0.717, 1.165) is 0 Å². The molecule has 0 aromatic carbocycles. The lowest BCUT2D eigenvalue weighted by atomic mass is 10.1. The lowest BCUT2D eigenvalue weighted by molar-refractivity contribution is -0.134. The smallest absolute Gasteiger partial charge is 0.339 e. The van der Waals surface area contributed by atoms with Crippen LogP contribution in [-0.4, -0.2) is 33.7 Å². The minimum absolute atomic E-state index is 0.00634. The molecule has 1 heterocycles. The zero-order chi connectivity index (χ0) is 12.3. The molecule has 0 fully saturated rings. The van der Waals surface area contributed by atoms with Crippen LogP contribution in [0.4, 0.5) is 5.69 Å². The number of carbonyl (C=O) groups is 2. The van der Waals surface area contributed by atoms with Crippen LogP contribution < -0.4 is 5.32 Å². The standard InChI is InChI=1S/C10H12N2O4/c1-5-3-7(11-4-8(13)14)9(10(15)16)6(2)12-5/h3H,4H2,1-2H3,(H,11,12)(H,13,14)(H,15,16). The Morgan fingerprint density at radius 3 is 2.50 bits per heavy atom. The van der Waals surface area contributed by atoms with Crippen molar-refractivity contribution in [3.63, 3.8) is 0 Å². The predicted octanol–water partition coefficient (Wildman–Crippen LogP) is 0.893. The number of aromatic carboxylic acids is 1. The van der Waals surface area contributed by atoms with E-state index < -0.39 is 11.9 Å². The molecule has 0 bridgehead atoms. The Balaban J connectivity index is 3.13. The second kappa shape index (κ2) is 4.61. The van der Waals surface area contributed by atoms with Gasteiger partial charge in [0.15, 0.2) is 0 Å². The zero-order valence-electron chi connectivity index (χ0n) is 8.94. The maximum atomic E-state index is 11.0. The fourth-order valence-corrected chi connectivity index (χ4v) is 1.41. The van der Waals surface area contributed by atoms with Gasteiger partial charge in [0.05, 0.1) is 11.4 Å². The number of hydrogen-bond donors (Lipinski definition) is 3. The minimum atomic E-state index is -1.13. The van der Waals surface area contributed by atoms with Gasteiger partial charge in [-0.15, -0.1) is 0 Å². The quantitative estimate of drug-likeness (QED) is 0.702. The summed E-state index contributed by atoms with van der Waals surface area (Å²) >= 11 is 0. The van der Waals surface area contributed by atoms with E-state index in [1.807, 2.05) is 0 Å². The van der Waals surface area contributed by atoms with E-state index in [2.05, 4.69) is 10.3 Å². The molecule has 0 aliphatic heterocycles. The molecule has 0 radical (unpaired) electrons. The van der Waals surface area contributed by atoms with Crippen LogP contribution in [0.2, 0.25) is 0 Å². The first-order valence-corrected chi connectivity index (χ1v) is 4.59. The average molecular weight is 224 g/mol. The molecule has 6 heteroatoms. The van der Waals surface area contributed by atoms with Gasteiger partial charge in [0, 0.05) is 5.69 Å². The largest absolute Gasteiger partial charge is 0.480 e. The van der Waals surface area contributed by atoms with Crippen molar-refractivity contribution in [2.75, 3.05) is 11.9 Å². The topological polar surface area (TPSA) is 99.5 Å². The molecule has 3 N–H and O–H groups in total. The van der Waals surface area contributed by atoms with Gasteiger partial charge in [-0.25, -0.2) is 4.79 Å². The summed E-state index contributed by atoms with van der Waals surface area (Å²) in [5, 5.41) is 20.0. The Bertz CT molecular complexity index is 443. The fraction of sp³-hybridized carbons (Fsp3) is 0.300. The first-order valence-electron chi connectivity index (χ1n) is 4.59. The molecular weight excluding hydrogens is 212 g/mol. The number of aryl methyl sites for hydroxylation is 2. The molecule has 1 aromatic rings. The maximum Gasteiger partial charge on any atom is 0.339 e. The molecule has 1 aromatic heterocycles. The molecule has 1 rings (SSSR count). The first kappa shape index (κ1) is 12.0. The van der Waals surface area contributed by atoms with Gasteiger partial charge in [0.25, 0.3) is 0 Å². The Hall–Kier alpha value is -2.11. The molecule has 0 aliphatic carbocycles. The van der Waals surface area contributed by atoms with Crippen LogP contribution in [0.1, 0.15) is 21.7 Å². The molecule has 0 unspecified atom stereocenters. The third kappa shape index (κ3) is 2.69. The fourth-order valence-electron chi connectivity index (χ4n) is 1.41. The summed E-state index contributed by atoms with van der Waals surface area (Å²) in [4.78, 5) is 25.4. The number of aromatic nitrogens is 1. The number of carboxylic acid groups (broad SMARTS) is 2. The number of nitrogens with one attached hydrogen (secondary N) is 1. The second-order valence-electron chi connectivity index (χ2n) is 3.32. The van der Waals surface area contributed by atoms with E-state index >= 15 is 0 Å². The van der Waals surface area contributed by atoms with Gasteiger partial charge >= 0.3 is 11.9 Å². The molecular formula is C10H12N2O4. The van der Waals surface area contributed by atoms with E-state index in [1.54, 1.807) is 13.8 Å². The highest BCUT2D eigenvalue weighted by Crippen LogP contribution is 2.19. The lowest BCUT2D eigenvalue weighted by Crippen LogP contribution is -2.16. The molecule has 6 nitrogen and oxygen atoms in total. The van der Waals surface area contributed by atoms with Gasteiger partial charge in [0.1, 0.15) is 12.1 Å². The molecule has 0 aliphatic rings. The van der Waals surface area contributed by atoms with Crippen LogP contribution in [0, 0.1) is 13.8 Å². The van der Waals surface area contributed by atoms with E-state index in [4.69, 9.17) is 10.2 Å². The molecule has 0 atom stereocenters. The van der Waals surface area contributed by atoms with Crippen LogP contribution >= 0.6 is 0 Å². The summed E-state index contributed by atoms with van der Waals surface area (Å²) in [5.41, 5.74) is 1.28. The number of carboxylic acids is 2. The van der Waals surface area contributed by atoms with E-state index in [1.165, 1.54) is 6.07 Å². The van der Waals surface area contributed by atoms with Gasteiger partial charge < -0.3 is 15.5 Å². The highest BCUT2D eigenvalue weighted by molar-refractivity contribution is 5.95. The van der Waals surface area contributed by atoms with E-state index in [0.29, 0.717) is 11.4 Å². The number of hydrogen-bond acceptors (Lipinski definition) is 4. The van der Waals surface area contributed by atoms with Gasteiger partial charge in [0.2, 0.25) is 0 Å². The Labute approximate surface area is 91.9 Å². The normalized spacial score (nSPS) is 9.88. The van der Waals surface area contributed by atoms with Crippen molar-refractivity contribution in [1.82, 2.24) is 4.98 Å². The van der Waals surface area contributed by atoms with Gasteiger partial charge in [-0.05, 0) is 19.9 Å². The van der Waals surface area contributed by atoms with Crippen LogP contribution in [-0.2, 0) is 4.79 Å². The minimum Gasteiger partial charge on any atom is -0.480 e. The zero-order valence-corrected chi connectivity index (χ0v) is 8.94. The molecule has 0 spiro atoms. The Morgan fingerprint density at radius 1 is 1.38 bits per heavy atom. The monoisotopic (exact) mass is 224 g/mol. The lowest BCUT2D eigenvalue weighted by Gasteiger charge is -2.10. The van der Waals surface area contributed by atoms with Crippen molar-refractivity contribution in [2.45, 2.75) is 13.8 Å². The van der Waals surface area contributed by atoms with Crippen LogP contribution in [0.15, 0.2) is 6.07 Å². The van der Waals surface area contributed by atoms with Crippen molar-refractivity contribution in [3.8, 4) is 0 Å². The van der Waals surface area contributed by atoms with Crippen molar-refractivity contribution in [2.24, 2.45) is 0 Å². The third-order valence-electron chi connectivity index (χ3n) is 1.97. The second-order valence-corrected chi connectivity index (χ2v) is 3.32. The van der Waals surface area contributed by atoms with Crippen molar-refractivity contribution >= 4 is 17.6 Å². The summed E-state index contributed by atoms with van der Waals surface area (Å²) in [6.45, 7) is 2.95.